The van der Waals surface area contributed by atoms with Crippen LogP contribution in [0.25, 0.3) is 0 Å². The van der Waals surface area contributed by atoms with E-state index in [4.69, 9.17) is 4.74 Å². The van der Waals surface area contributed by atoms with E-state index in [1.54, 1.807) is 12.1 Å². The van der Waals surface area contributed by atoms with Crippen LogP contribution in [-0.4, -0.2) is 32.0 Å². The lowest BCUT2D eigenvalue weighted by molar-refractivity contribution is 0.283. The molecule has 2 aromatic rings. The summed E-state index contributed by atoms with van der Waals surface area (Å²) in [5, 5.41) is 15.6. The molecule has 0 bridgehead atoms. The molecule has 4 N–H and O–H groups in total. The number of ether oxygens (including phenoxy) is 1. The van der Waals surface area contributed by atoms with Crippen molar-refractivity contribution in [3.05, 3.63) is 44.8 Å². The first kappa shape index (κ1) is 21.6. The largest absolute Gasteiger partial charge is 0.494 e. The minimum Gasteiger partial charge on any atom is -0.494 e. The van der Waals surface area contributed by atoms with Crippen LogP contribution in [0.1, 0.15) is 30.4 Å². The van der Waals surface area contributed by atoms with Gasteiger partial charge in [-0.15, -0.1) is 0 Å². The third-order valence-electron chi connectivity index (χ3n) is 5.68. The molecule has 1 saturated carbocycles. The summed E-state index contributed by atoms with van der Waals surface area (Å²) in [5.74, 6) is -0.0264. The molecule has 30 heavy (non-hydrogen) atoms. The summed E-state index contributed by atoms with van der Waals surface area (Å²) >= 11 is 2.03. The average Bonchev–Trinajstić information content (AvgIpc) is 3.35. The van der Waals surface area contributed by atoms with Crippen molar-refractivity contribution in [1.82, 2.24) is 5.32 Å². The zero-order chi connectivity index (χ0) is 21.5. The fourth-order valence-electron chi connectivity index (χ4n) is 3.83. The molecule has 0 spiro atoms. The van der Waals surface area contributed by atoms with Gasteiger partial charge in [-0.25, -0.2) is 12.8 Å². The molecule has 0 radical (unpaired) electrons. The van der Waals surface area contributed by atoms with Crippen LogP contribution >= 0.6 is 22.6 Å². The Bertz CT molecular complexity index is 1090. The lowest BCUT2D eigenvalue weighted by Crippen LogP contribution is -2.31. The molecule has 0 saturated heterocycles. The summed E-state index contributed by atoms with van der Waals surface area (Å²) in [6.45, 7) is 0.954. The molecule has 2 aromatic carbocycles. The number of hydrogen-bond donors (Lipinski definition) is 4. The number of benzene rings is 2. The number of fused-ring (bicyclic) bond motifs is 1. The summed E-state index contributed by atoms with van der Waals surface area (Å²) in [7, 11) is -2.30. The van der Waals surface area contributed by atoms with Crippen LogP contribution in [0.2, 0.25) is 0 Å². The molecule has 1 aliphatic heterocycles. The summed E-state index contributed by atoms with van der Waals surface area (Å²) in [6, 6.07) is 6.60. The van der Waals surface area contributed by atoms with Gasteiger partial charge in [0.15, 0.2) is 0 Å². The Kier molecular flexibility index (Phi) is 5.86. The van der Waals surface area contributed by atoms with Gasteiger partial charge in [-0.05, 0) is 71.7 Å². The van der Waals surface area contributed by atoms with Crippen LogP contribution < -0.4 is 20.1 Å². The number of aliphatic hydroxyl groups is 1. The van der Waals surface area contributed by atoms with Crippen LogP contribution in [0.3, 0.4) is 0 Å². The van der Waals surface area contributed by atoms with E-state index in [0.717, 1.165) is 14.7 Å². The molecule has 1 aliphatic carbocycles. The average molecular weight is 547 g/mol. The number of nitrogens with one attached hydrogen (secondary N) is 3. The monoisotopic (exact) mass is 547 g/mol. The number of aliphatic hydroxyl groups excluding tert-OH is 1. The van der Waals surface area contributed by atoms with E-state index < -0.39 is 20.6 Å². The van der Waals surface area contributed by atoms with Gasteiger partial charge < -0.3 is 20.5 Å². The molecular formula is C20H23FIN3O4S. The molecule has 0 aromatic heterocycles. The van der Waals surface area contributed by atoms with E-state index >= 15 is 0 Å². The van der Waals surface area contributed by atoms with Crippen molar-refractivity contribution >= 4 is 49.7 Å². The molecule has 7 nitrogen and oxygen atoms in total. The molecule has 4 rings (SSSR count). The van der Waals surface area contributed by atoms with Gasteiger partial charge in [0.1, 0.15) is 17.3 Å². The molecular weight excluding hydrogens is 524 g/mol. The van der Waals surface area contributed by atoms with Gasteiger partial charge >= 0.3 is 0 Å². The van der Waals surface area contributed by atoms with Gasteiger partial charge in [-0.2, -0.15) is 0 Å². The molecule has 0 atom stereocenters. The Morgan fingerprint density at radius 3 is 2.67 bits per heavy atom. The predicted octanol–water partition coefficient (Wildman–Crippen LogP) is 3.44. The van der Waals surface area contributed by atoms with Gasteiger partial charge in [0.05, 0.1) is 23.2 Å². The number of halogens is 2. The number of sulfonamides is 1. The fraction of sp³-hybridized carbons (Fsp3) is 0.400. The highest BCUT2D eigenvalue weighted by atomic mass is 127. The van der Waals surface area contributed by atoms with Gasteiger partial charge in [0.2, 0.25) is 10.0 Å². The minimum atomic E-state index is -3.79. The molecule has 1 heterocycles. The van der Waals surface area contributed by atoms with Gasteiger partial charge in [-0.3, -0.25) is 4.72 Å². The smallest absolute Gasteiger partial charge is 0.238 e. The lowest BCUT2D eigenvalue weighted by atomic mass is 10.1. The van der Waals surface area contributed by atoms with Crippen LogP contribution in [0.15, 0.2) is 24.3 Å². The van der Waals surface area contributed by atoms with E-state index in [1.807, 2.05) is 28.7 Å². The Labute approximate surface area is 188 Å². The second kappa shape index (κ2) is 8.13. The maximum absolute atomic E-state index is 14.5. The lowest BCUT2D eigenvalue weighted by Gasteiger charge is -2.23. The van der Waals surface area contributed by atoms with Crippen LogP contribution in [-0.2, 0) is 23.1 Å². The first-order valence-electron chi connectivity index (χ1n) is 9.59. The van der Waals surface area contributed by atoms with E-state index in [1.165, 1.54) is 13.2 Å². The Hall–Kier alpha value is -1.63. The first-order valence-corrected chi connectivity index (χ1v) is 12.2. The third-order valence-corrected chi connectivity index (χ3v) is 8.58. The highest BCUT2D eigenvalue weighted by molar-refractivity contribution is 14.1. The second-order valence-electron chi connectivity index (χ2n) is 7.58. The van der Waals surface area contributed by atoms with Crippen LogP contribution in [0.4, 0.5) is 21.5 Å². The van der Waals surface area contributed by atoms with Crippen molar-refractivity contribution in [2.24, 2.45) is 0 Å². The maximum atomic E-state index is 14.5. The van der Waals surface area contributed by atoms with Crippen molar-refractivity contribution in [3.8, 4) is 5.75 Å². The van der Waals surface area contributed by atoms with Crippen molar-refractivity contribution < 1.29 is 22.7 Å². The normalized spacial score (nSPS) is 16.8. The first-order chi connectivity index (χ1) is 14.3. The van der Waals surface area contributed by atoms with E-state index in [2.05, 4.69) is 15.4 Å². The van der Waals surface area contributed by atoms with Crippen molar-refractivity contribution in [3.63, 3.8) is 0 Å². The maximum Gasteiger partial charge on any atom is 0.238 e. The summed E-state index contributed by atoms with van der Waals surface area (Å²) in [4.78, 5) is 0. The molecule has 10 heteroatoms. The van der Waals surface area contributed by atoms with E-state index in [-0.39, 0.29) is 24.4 Å². The molecule has 0 unspecified atom stereocenters. The molecule has 0 amide bonds. The Morgan fingerprint density at radius 1 is 1.27 bits per heavy atom. The number of anilines is 3. The van der Waals surface area contributed by atoms with Gasteiger partial charge in [0, 0.05) is 28.8 Å². The Morgan fingerprint density at radius 2 is 2.03 bits per heavy atom. The molecule has 2 aliphatic rings. The number of methoxy groups -OCH3 is 1. The predicted molar refractivity (Wildman–Crippen MR) is 122 cm³/mol. The van der Waals surface area contributed by atoms with Gasteiger partial charge in [-0.1, -0.05) is 0 Å². The van der Waals surface area contributed by atoms with E-state index in [9.17, 15) is 17.9 Å². The third kappa shape index (κ3) is 3.85. The zero-order valence-corrected chi connectivity index (χ0v) is 19.4. The summed E-state index contributed by atoms with van der Waals surface area (Å²) in [5.41, 5.74) is 2.73. The fourth-order valence-corrected chi connectivity index (χ4v) is 5.97. The zero-order valence-electron chi connectivity index (χ0n) is 16.4. The summed E-state index contributed by atoms with van der Waals surface area (Å²) in [6.07, 6.45) is 1.16. The van der Waals surface area contributed by atoms with Crippen molar-refractivity contribution in [2.45, 2.75) is 37.1 Å². The van der Waals surface area contributed by atoms with Gasteiger partial charge in [0.25, 0.3) is 0 Å². The highest BCUT2D eigenvalue weighted by Gasteiger charge is 2.54. The summed E-state index contributed by atoms with van der Waals surface area (Å²) < 4.78 is 48.9. The molecule has 162 valence electrons. The second-order valence-corrected chi connectivity index (χ2v) is 10.9. The van der Waals surface area contributed by atoms with Crippen LogP contribution in [0.5, 0.6) is 5.75 Å². The minimum absolute atomic E-state index is 0.172. The SMILES string of the molecule is COc1c2c(cc(Nc3ccc(I)cc3F)c1NS(=O)(=O)C1(CCO)CC1)CNC2. The van der Waals surface area contributed by atoms with Crippen LogP contribution in [0, 0.1) is 9.39 Å². The van der Waals surface area contributed by atoms with Crippen molar-refractivity contribution in [1.29, 1.82) is 0 Å². The number of rotatable bonds is 8. The standard InChI is InChI=1S/C20H23FIN3O4S/c1-29-19-14-11-23-10-12(14)8-17(24-16-3-2-13(22)9-15(16)21)18(19)25-30(27,28)20(4-5-20)6-7-26/h2-3,8-9,23-26H,4-7,10-11H2,1H3. The number of hydrogen-bond acceptors (Lipinski definition) is 6. The van der Waals surface area contributed by atoms with Crippen molar-refractivity contribution in [2.75, 3.05) is 23.8 Å². The quantitative estimate of drug-likeness (QED) is 0.378. The molecule has 1 fully saturated rings. The van der Waals surface area contributed by atoms with E-state index in [0.29, 0.717) is 37.4 Å². The highest BCUT2D eigenvalue weighted by Crippen LogP contribution is 2.49. The Balaban J connectivity index is 1.80. The topological polar surface area (TPSA) is 99.7 Å².